The number of benzene rings is 1. The van der Waals surface area contributed by atoms with Crippen molar-refractivity contribution in [1.82, 2.24) is 14.1 Å². The number of aromatic nitrogens is 2. The number of anilines is 1. The van der Waals surface area contributed by atoms with Gasteiger partial charge >= 0.3 is 0 Å². The Hall–Kier alpha value is -2.19. The van der Waals surface area contributed by atoms with Crippen LogP contribution in [-0.4, -0.2) is 41.5 Å². The third-order valence-electron chi connectivity index (χ3n) is 4.59. The van der Waals surface area contributed by atoms with Crippen LogP contribution in [0.15, 0.2) is 29.2 Å². The van der Waals surface area contributed by atoms with Crippen molar-refractivity contribution in [1.29, 1.82) is 0 Å². The number of amides is 1. The third-order valence-corrected chi connectivity index (χ3v) is 6.90. The van der Waals surface area contributed by atoms with Crippen molar-refractivity contribution in [2.75, 3.05) is 18.4 Å². The standard InChI is InChI=1S/C19H28N4O3S/c1-7-22(8-2)27(25,26)18-14(4)21-23(15(18)5)16(6)19(24)20-17-11-9-10-13(3)12-17/h9-12,16H,7-8H2,1-6H3,(H,20,24)/t16-/m1/s1. The van der Waals surface area contributed by atoms with Crippen LogP contribution in [-0.2, 0) is 14.8 Å². The molecule has 1 amide bonds. The van der Waals surface area contributed by atoms with Crippen molar-refractivity contribution < 1.29 is 13.2 Å². The van der Waals surface area contributed by atoms with Gasteiger partial charge in [-0.1, -0.05) is 26.0 Å². The lowest BCUT2D eigenvalue weighted by atomic mass is 10.2. The van der Waals surface area contributed by atoms with Gasteiger partial charge in [0.25, 0.3) is 0 Å². The third kappa shape index (κ3) is 4.22. The zero-order chi connectivity index (χ0) is 20.4. The summed E-state index contributed by atoms with van der Waals surface area (Å²) in [5, 5.41) is 7.22. The van der Waals surface area contributed by atoms with Crippen molar-refractivity contribution in [2.24, 2.45) is 0 Å². The first kappa shape index (κ1) is 21.1. The molecule has 0 unspecified atom stereocenters. The van der Waals surface area contributed by atoms with Crippen LogP contribution in [0.4, 0.5) is 5.69 Å². The summed E-state index contributed by atoms with van der Waals surface area (Å²) in [5.74, 6) is -0.252. The molecule has 0 bridgehead atoms. The SMILES string of the molecule is CCN(CC)S(=O)(=O)c1c(C)nn([C@H](C)C(=O)Nc2cccc(C)c2)c1C. The first-order valence-corrected chi connectivity index (χ1v) is 10.5. The molecule has 0 aliphatic heterocycles. The molecule has 0 radical (unpaired) electrons. The van der Waals surface area contributed by atoms with Crippen molar-refractivity contribution in [3.05, 3.63) is 41.2 Å². The van der Waals surface area contributed by atoms with E-state index in [-0.39, 0.29) is 10.8 Å². The molecule has 1 aromatic heterocycles. The van der Waals surface area contributed by atoms with Crippen molar-refractivity contribution in [2.45, 2.75) is 52.5 Å². The molecule has 0 aliphatic carbocycles. The van der Waals surface area contributed by atoms with E-state index >= 15 is 0 Å². The number of carbonyl (C=O) groups is 1. The van der Waals surface area contributed by atoms with Crippen LogP contribution in [0.3, 0.4) is 0 Å². The molecule has 0 saturated carbocycles. The Labute approximate surface area is 161 Å². The van der Waals surface area contributed by atoms with Gasteiger partial charge in [-0.05, 0) is 45.4 Å². The average molecular weight is 393 g/mol. The molecule has 0 fully saturated rings. The molecule has 1 aromatic carbocycles. The number of sulfonamides is 1. The van der Waals surface area contributed by atoms with E-state index in [4.69, 9.17) is 0 Å². The van der Waals surface area contributed by atoms with Gasteiger partial charge < -0.3 is 5.32 Å². The van der Waals surface area contributed by atoms with E-state index in [0.29, 0.717) is 30.2 Å². The minimum Gasteiger partial charge on any atom is -0.324 e. The Morgan fingerprint density at radius 1 is 1.22 bits per heavy atom. The molecule has 1 heterocycles. The second-order valence-electron chi connectivity index (χ2n) is 6.57. The molecule has 0 saturated heterocycles. The molecule has 148 valence electrons. The fourth-order valence-corrected chi connectivity index (χ4v) is 4.99. The quantitative estimate of drug-likeness (QED) is 0.785. The molecule has 2 rings (SSSR count). The molecule has 2 aromatic rings. The summed E-state index contributed by atoms with van der Waals surface area (Å²) in [5.41, 5.74) is 2.60. The Morgan fingerprint density at radius 3 is 2.41 bits per heavy atom. The highest BCUT2D eigenvalue weighted by Gasteiger charge is 2.31. The Balaban J connectivity index is 2.36. The van der Waals surface area contributed by atoms with Crippen LogP contribution >= 0.6 is 0 Å². The number of hydrogen-bond donors (Lipinski definition) is 1. The van der Waals surface area contributed by atoms with E-state index in [0.717, 1.165) is 5.56 Å². The summed E-state index contributed by atoms with van der Waals surface area (Å²) in [6.45, 7) is 11.4. The van der Waals surface area contributed by atoms with E-state index in [2.05, 4.69) is 10.4 Å². The lowest BCUT2D eigenvalue weighted by molar-refractivity contribution is -0.119. The van der Waals surface area contributed by atoms with Gasteiger partial charge in [-0.25, -0.2) is 8.42 Å². The van der Waals surface area contributed by atoms with Gasteiger partial charge in [0.1, 0.15) is 10.9 Å². The molecule has 27 heavy (non-hydrogen) atoms. The van der Waals surface area contributed by atoms with Gasteiger partial charge in [0.15, 0.2) is 0 Å². The van der Waals surface area contributed by atoms with E-state index < -0.39 is 16.1 Å². The zero-order valence-corrected chi connectivity index (χ0v) is 17.6. The minimum absolute atomic E-state index is 0.182. The highest BCUT2D eigenvalue weighted by atomic mass is 32.2. The number of nitrogens with one attached hydrogen (secondary N) is 1. The van der Waals surface area contributed by atoms with Gasteiger partial charge in [0.2, 0.25) is 15.9 Å². The number of carbonyl (C=O) groups excluding carboxylic acids is 1. The first-order chi connectivity index (χ1) is 12.6. The fraction of sp³-hybridized carbons (Fsp3) is 0.474. The normalized spacial score (nSPS) is 13.0. The summed E-state index contributed by atoms with van der Waals surface area (Å²) in [6.07, 6.45) is 0. The van der Waals surface area contributed by atoms with Gasteiger partial charge in [-0.3, -0.25) is 9.48 Å². The van der Waals surface area contributed by atoms with Crippen LogP contribution in [0, 0.1) is 20.8 Å². The second kappa shape index (κ2) is 8.22. The number of rotatable bonds is 7. The maximum Gasteiger partial charge on any atom is 0.248 e. The molecule has 7 nitrogen and oxygen atoms in total. The van der Waals surface area contributed by atoms with Crippen molar-refractivity contribution in [3.63, 3.8) is 0 Å². The molecule has 1 N–H and O–H groups in total. The van der Waals surface area contributed by atoms with Crippen LogP contribution in [0.5, 0.6) is 0 Å². The summed E-state index contributed by atoms with van der Waals surface area (Å²) < 4.78 is 28.8. The molecule has 0 spiro atoms. The lowest BCUT2D eigenvalue weighted by Crippen LogP contribution is -2.31. The maximum atomic E-state index is 12.9. The number of aryl methyl sites for hydroxylation is 2. The summed E-state index contributed by atoms with van der Waals surface area (Å²) in [7, 11) is -3.65. The van der Waals surface area contributed by atoms with Gasteiger partial charge in [-0.15, -0.1) is 0 Å². The Kier molecular flexibility index (Phi) is 6.43. The van der Waals surface area contributed by atoms with Gasteiger partial charge in [0.05, 0.1) is 11.4 Å². The molecule has 8 heteroatoms. The molecule has 0 aliphatic rings. The highest BCUT2D eigenvalue weighted by Crippen LogP contribution is 2.26. The van der Waals surface area contributed by atoms with Gasteiger partial charge in [-0.2, -0.15) is 9.40 Å². The Bertz CT molecular complexity index is 930. The smallest absolute Gasteiger partial charge is 0.248 e. The molecule has 1 atom stereocenters. The maximum absolute atomic E-state index is 12.9. The van der Waals surface area contributed by atoms with E-state index in [9.17, 15) is 13.2 Å². The van der Waals surface area contributed by atoms with Crippen molar-refractivity contribution in [3.8, 4) is 0 Å². The summed E-state index contributed by atoms with van der Waals surface area (Å²) in [4.78, 5) is 12.8. The number of nitrogens with zero attached hydrogens (tertiary/aromatic N) is 3. The highest BCUT2D eigenvalue weighted by molar-refractivity contribution is 7.89. The van der Waals surface area contributed by atoms with Crippen LogP contribution in [0.2, 0.25) is 0 Å². The summed E-state index contributed by atoms with van der Waals surface area (Å²) >= 11 is 0. The van der Waals surface area contributed by atoms with E-state index in [1.807, 2.05) is 31.2 Å². The summed E-state index contributed by atoms with van der Waals surface area (Å²) in [6, 6.07) is 6.86. The fourth-order valence-electron chi connectivity index (χ4n) is 3.17. The predicted molar refractivity (Wildman–Crippen MR) is 106 cm³/mol. The topological polar surface area (TPSA) is 84.3 Å². The monoisotopic (exact) mass is 392 g/mol. The first-order valence-electron chi connectivity index (χ1n) is 9.06. The van der Waals surface area contributed by atoms with E-state index in [1.165, 1.54) is 8.99 Å². The largest absolute Gasteiger partial charge is 0.324 e. The van der Waals surface area contributed by atoms with E-state index in [1.54, 1.807) is 34.6 Å². The van der Waals surface area contributed by atoms with Crippen LogP contribution in [0.25, 0.3) is 0 Å². The Morgan fingerprint density at radius 2 is 1.85 bits per heavy atom. The molecular weight excluding hydrogens is 364 g/mol. The van der Waals surface area contributed by atoms with Gasteiger partial charge in [0, 0.05) is 18.8 Å². The number of hydrogen-bond acceptors (Lipinski definition) is 4. The zero-order valence-electron chi connectivity index (χ0n) is 16.8. The molecular formula is C19H28N4O3S. The van der Waals surface area contributed by atoms with Crippen LogP contribution < -0.4 is 5.32 Å². The second-order valence-corrected chi connectivity index (χ2v) is 8.44. The van der Waals surface area contributed by atoms with Crippen molar-refractivity contribution >= 4 is 21.6 Å². The minimum atomic E-state index is -3.65. The van der Waals surface area contributed by atoms with Crippen LogP contribution in [0.1, 0.15) is 43.8 Å². The lowest BCUT2D eigenvalue weighted by Gasteiger charge is -2.19. The average Bonchev–Trinajstić information content (AvgIpc) is 2.90. The predicted octanol–water partition coefficient (Wildman–Crippen LogP) is 3.04.